The van der Waals surface area contributed by atoms with Crippen LogP contribution in [0.1, 0.15) is 36.8 Å². The number of rotatable bonds is 6. The van der Waals surface area contributed by atoms with Crippen molar-refractivity contribution in [2.24, 2.45) is 0 Å². The van der Waals surface area contributed by atoms with E-state index in [0.29, 0.717) is 5.56 Å². The van der Waals surface area contributed by atoms with Crippen molar-refractivity contribution >= 4 is 11.7 Å². The Morgan fingerprint density at radius 2 is 1.95 bits per heavy atom. The number of carbonyl (C=O) groups excluding carboxylic acids is 1. The van der Waals surface area contributed by atoms with E-state index in [9.17, 15) is 18.0 Å². The van der Waals surface area contributed by atoms with E-state index in [1.54, 1.807) is 0 Å². The number of halogens is 3. The van der Waals surface area contributed by atoms with Crippen molar-refractivity contribution in [2.45, 2.75) is 31.9 Å². The van der Waals surface area contributed by atoms with Gasteiger partial charge in [0.1, 0.15) is 0 Å². The zero-order valence-corrected chi connectivity index (χ0v) is 11.9. The molecule has 0 spiro atoms. The van der Waals surface area contributed by atoms with Crippen LogP contribution in [0.2, 0.25) is 0 Å². The van der Waals surface area contributed by atoms with Gasteiger partial charge in [-0.1, -0.05) is 12.1 Å². The minimum absolute atomic E-state index is 0.0225. The Bertz CT molecular complexity index is 574. The Hall–Kier alpha value is -2.36. The highest BCUT2D eigenvalue weighted by Gasteiger charge is 2.30. The van der Waals surface area contributed by atoms with Crippen LogP contribution in [0.3, 0.4) is 0 Å². The van der Waals surface area contributed by atoms with Gasteiger partial charge in [0.05, 0.1) is 30.6 Å². The number of hydrogen-bond donors (Lipinski definition) is 1. The maximum Gasteiger partial charge on any atom is 0.416 e. The van der Waals surface area contributed by atoms with E-state index in [2.05, 4.69) is 0 Å². The van der Waals surface area contributed by atoms with Crippen molar-refractivity contribution < 1.29 is 22.7 Å². The zero-order valence-electron chi connectivity index (χ0n) is 11.9. The highest BCUT2D eigenvalue weighted by molar-refractivity contribution is 5.95. The quantitative estimate of drug-likeness (QED) is 0.643. The summed E-state index contributed by atoms with van der Waals surface area (Å²) in [6.07, 6.45) is -4.34. The Labute approximate surface area is 126 Å². The second-order valence-corrected chi connectivity index (χ2v) is 4.77. The molecule has 0 bridgehead atoms. The summed E-state index contributed by atoms with van der Waals surface area (Å²) in [5.41, 5.74) is -0.166. The van der Waals surface area contributed by atoms with E-state index < -0.39 is 23.6 Å². The Morgan fingerprint density at radius 3 is 2.41 bits per heavy atom. The Kier molecular flexibility index (Phi) is 6.11. The van der Waals surface area contributed by atoms with Crippen molar-refractivity contribution in [3.8, 4) is 6.07 Å². The highest BCUT2D eigenvalue weighted by Crippen LogP contribution is 2.30. The van der Waals surface area contributed by atoms with Gasteiger partial charge in [-0.3, -0.25) is 4.79 Å². The lowest BCUT2D eigenvalue weighted by atomic mass is 9.96. The van der Waals surface area contributed by atoms with Crippen LogP contribution in [0.15, 0.2) is 24.3 Å². The van der Waals surface area contributed by atoms with Gasteiger partial charge < -0.3 is 10.1 Å². The molecule has 22 heavy (non-hydrogen) atoms. The number of alkyl halides is 3. The van der Waals surface area contributed by atoms with E-state index >= 15 is 0 Å². The summed E-state index contributed by atoms with van der Waals surface area (Å²) in [4.78, 5) is 11.2. The van der Waals surface area contributed by atoms with Gasteiger partial charge in [0.2, 0.25) is 0 Å². The van der Waals surface area contributed by atoms with Crippen LogP contribution >= 0.6 is 0 Å². The van der Waals surface area contributed by atoms with Crippen molar-refractivity contribution in [3.05, 3.63) is 35.4 Å². The minimum Gasteiger partial charge on any atom is -0.465 e. The molecule has 1 N–H and O–H groups in total. The van der Waals surface area contributed by atoms with Gasteiger partial charge in [-0.25, -0.2) is 0 Å². The molecule has 1 unspecified atom stereocenters. The molecule has 0 fully saturated rings. The number of esters is 1. The third kappa shape index (κ3) is 5.56. The Balaban J connectivity index is 2.60. The van der Waals surface area contributed by atoms with Gasteiger partial charge in [0, 0.05) is 12.1 Å². The van der Waals surface area contributed by atoms with E-state index in [0.717, 1.165) is 12.1 Å². The second kappa shape index (κ2) is 7.59. The van der Waals surface area contributed by atoms with Crippen molar-refractivity contribution in [1.29, 1.82) is 10.7 Å². The monoisotopic (exact) mass is 312 g/mol. The number of nitrogens with zero attached hydrogens (tertiary/aromatic N) is 1. The molecular formula is C15H15F3N2O2. The van der Waals surface area contributed by atoms with E-state index in [1.807, 2.05) is 6.07 Å². The van der Waals surface area contributed by atoms with Gasteiger partial charge in [-0.2, -0.15) is 18.4 Å². The van der Waals surface area contributed by atoms with Crippen LogP contribution < -0.4 is 0 Å². The summed E-state index contributed by atoms with van der Waals surface area (Å²) in [6.45, 7) is 1.45. The van der Waals surface area contributed by atoms with Crippen molar-refractivity contribution in [3.63, 3.8) is 0 Å². The average Bonchev–Trinajstić information content (AvgIpc) is 2.42. The van der Waals surface area contributed by atoms with E-state index in [-0.39, 0.29) is 25.2 Å². The molecule has 1 aromatic rings. The largest absolute Gasteiger partial charge is 0.465 e. The standard InChI is InChI=1S/C15H15F3N2O2/c1-10(20)8-14(21)22-7-6-12(9-19)11-2-4-13(5-3-11)15(16,17)18/h2-5,12,20H,6-8H2,1H3. The van der Waals surface area contributed by atoms with Gasteiger partial charge in [-0.15, -0.1) is 0 Å². The van der Waals surface area contributed by atoms with Gasteiger partial charge >= 0.3 is 12.1 Å². The molecule has 0 heterocycles. The summed E-state index contributed by atoms with van der Waals surface area (Å²) >= 11 is 0. The molecule has 0 saturated heterocycles. The molecule has 0 saturated carbocycles. The third-order valence-corrected chi connectivity index (χ3v) is 2.88. The summed E-state index contributed by atoms with van der Waals surface area (Å²) in [7, 11) is 0. The summed E-state index contributed by atoms with van der Waals surface area (Å²) in [5.74, 6) is -1.22. The predicted octanol–water partition coefficient (Wildman–Crippen LogP) is 3.68. The number of carbonyl (C=O) groups is 1. The summed E-state index contributed by atoms with van der Waals surface area (Å²) in [6, 6.07) is 6.32. The fourth-order valence-electron chi connectivity index (χ4n) is 1.77. The van der Waals surface area contributed by atoms with Gasteiger partial charge in [-0.05, 0) is 24.6 Å². The van der Waals surface area contributed by atoms with Crippen LogP contribution in [0, 0.1) is 16.7 Å². The average molecular weight is 312 g/mol. The maximum absolute atomic E-state index is 12.5. The topological polar surface area (TPSA) is 73.9 Å². The summed E-state index contributed by atoms with van der Waals surface area (Å²) in [5, 5.41) is 16.2. The molecule has 4 nitrogen and oxygen atoms in total. The SMILES string of the molecule is CC(=N)CC(=O)OCCC(C#N)c1ccc(C(F)(F)F)cc1. The molecule has 0 aliphatic heterocycles. The number of benzene rings is 1. The molecule has 1 rings (SSSR count). The smallest absolute Gasteiger partial charge is 0.416 e. The fourth-order valence-corrected chi connectivity index (χ4v) is 1.77. The molecule has 1 atom stereocenters. The van der Waals surface area contributed by atoms with Crippen molar-refractivity contribution in [1.82, 2.24) is 0 Å². The fraction of sp³-hybridized carbons (Fsp3) is 0.400. The molecule has 1 aromatic carbocycles. The first kappa shape index (κ1) is 17.7. The maximum atomic E-state index is 12.5. The Morgan fingerprint density at radius 1 is 1.36 bits per heavy atom. The van der Waals surface area contributed by atoms with Crippen LogP contribution in [0.5, 0.6) is 0 Å². The lowest BCUT2D eigenvalue weighted by molar-refractivity contribution is -0.142. The van der Waals surface area contributed by atoms with E-state index in [1.165, 1.54) is 19.1 Å². The lowest BCUT2D eigenvalue weighted by Gasteiger charge is -2.12. The van der Waals surface area contributed by atoms with Gasteiger partial charge in [0.15, 0.2) is 0 Å². The first-order chi connectivity index (χ1) is 10.2. The first-order valence-electron chi connectivity index (χ1n) is 6.50. The zero-order chi connectivity index (χ0) is 16.8. The second-order valence-electron chi connectivity index (χ2n) is 4.77. The van der Waals surface area contributed by atoms with Crippen LogP contribution in [-0.2, 0) is 15.7 Å². The van der Waals surface area contributed by atoms with Crippen LogP contribution in [0.4, 0.5) is 13.2 Å². The molecule has 0 amide bonds. The first-order valence-corrected chi connectivity index (χ1v) is 6.50. The van der Waals surface area contributed by atoms with E-state index in [4.69, 9.17) is 15.4 Å². The number of nitrogens with one attached hydrogen (secondary N) is 1. The van der Waals surface area contributed by atoms with Crippen molar-refractivity contribution in [2.75, 3.05) is 6.61 Å². The number of nitriles is 1. The molecular weight excluding hydrogens is 297 g/mol. The molecule has 0 radical (unpaired) electrons. The third-order valence-electron chi connectivity index (χ3n) is 2.88. The van der Waals surface area contributed by atoms with Crippen LogP contribution in [-0.4, -0.2) is 18.3 Å². The highest BCUT2D eigenvalue weighted by atomic mass is 19.4. The predicted molar refractivity (Wildman–Crippen MR) is 73.4 cm³/mol. The molecule has 0 aliphatic rings. The molecule has 0 aliphatic carbocycles. The number of hydrogen-bond acceptors (Lipinski definition) is 4. The lowest BCUT2D eigenvalue weighted by Crippen LogP contribution is -2.11. The minimum atomic E-state index is -4.42. The van der Waals surface area contributed by atoms with Gasteiger partial charge in [0.25, 0.3) is 0 Å². The summed E-state index contributed by atoms with van der Waals surface area (Å²) < 4.78 is 42.2. The molecule has 7 heteroatoms. The molecule has 118 valence electrons. The molecule has 0 aromatic heterocycles. The van der Waals surface area contributed by atoms with Crippen LogP contribution in [0.25, 0.3) is 0 Å². The normalized spacial score (nSPS) is 12.3. The number of ether oxygens (including phenoxy) is 1.